The second-order valence-electron chi connectivity index (χ2n) is 5.98. The molecule has 0 saturated heterocycles. The maximum absolute atomic E-state index is 13.1. The van der Waals surface area contributed by atoms with Crippen molar-refractivity contribution >= 4 is 5.91 Å². The van der Waals surface area contributed by atoms with Crippen molar-refractivity contribution in [3.05, 3.63) is 83.7 Å². The summed E-state index contributed by atoms with van der Waals surface area (Å²) in [5.74, 6) is -1.89. The van der Waals surface area contributed by atoms with Gasteiger partial charge in [0.25, 0.3) is 0 Å². The highest BCUT2D eigenvalue weighted by Gasteiger charge is 2.06. The number of aryl methyl sites for hydroxylation is 1. The molecule has 6 heteroatoms. The summed E-state index contributed by atoms with van der Waals surface area (Å²) < 4.78 is 27.8. The van der Waals surface area contributed by atoms with Crippen molar-refractivity contribution in [2.24, 2.45) is 0 Å². The third-order valence-corrected chi connectivity index (χ3v) is 4.02. The lowest BCUT2D eigenvalue weighted by atomic mass is 10.1. The highest BCUT2D eigenvalue weighted by atomic mass is 19.2. The van der Waals surface area contributed by atoms with Crippen LogP contribution in [0.25, 0.3) is 5.69 Å². The van der Waals surface area contributed by atoms with Crippen molar-refractivity contribution in [3.8, 4) is 5.69 Å². The van der Waals surface area contributed by atoms with Crippen molar-refractivity contribution in [1.82, 2.24) is 15.1 Å². The Hall–Kier alpha value is -3.02. The highest BCUT2D eigenvalue weighted by Crippen LogP contribution is 2.10. The first-order valence-corrected chi connectivity index (χ1v) is 8.41. The minimum atomic E-state index is -0.890. The Labute approximate surface area is 150 Å². The first-order chi connectivity index (χ1) is 12.6. The van der Waals surface area contributed by atoms with Crippen LogP contribution < -0.4 is 5.32 Å². The van der Waals surface area contributed by atoms with Gasteiger partial charge in [-0.25, -0.2) is 13.5 Å². The molecule has 4 nitrogen and oxygen atoms in total. The third kappa shape index (κ3) is 4.75. The van der Waals surface area contributed by atoms with Gasteiger partial charge >= 0.3 is 0 Å². The molecular formula is C20H19F2N3O. The third-order valence-electron chi connectivity index (χ3n) is 4.02. The number of hydrogen-bond donors (Lipinski definition) is 1. The van der Waals surface area contributed by atoms with E-state index in [1.54, 1.807) is 10.9 Å². The molecule has 0 aliphatic carbocycles. The number of carbonyl (C=O) groups is 1. The maximum atomic E-state index is 13.1. The fraction of sp³-hybridized carbons (Fsp3) is 0.200. The number of halogens is 2. The molecule has 1 amide bonds. The molecule has 3 rings (SSSR count). The van der Waals surface area contributed by atoms with E-state index in [1.807, 2.05) is 36.5 Å². The van der Waals surface area contributed by atoms with Crippen LogP contribution in [-0.4, -0.2) is 22.2 Å². The molecule has 0 atom stereocenters. The summed E-state index contributed by atoms with van der Waals surface area (Å²) in [6, 6.07) is 13.5. The minimum Gasteiger partial charge on any atom is -0.356 e. The largest absolute Gasteiger partial charge is 0.356 e. The van der Waals surface area contributed by atoms with E-state index in [1.165, 1.54) is 6.07 Å². The molecule has 26 heavy (non-hydrogen) atoms. The molecule has 0 aliphatic rings. The molecule has 0 fully saturated rings. The summed E-state index contributed by atoms with van der Waals surface area (Å²) in [6.45, 7) is 0.497. The van der Waals surface area contributed by atoms with Crippen molar-refractivity contribution < 1.29 is 13.6 Å². The molecule has 1 heterocycles. The van der Waals surface area contributed by atoms with E-state index < -0.39 is 11.6 Å². The smallest absolute Gasteiger partial charge is 0.220 e. The molecular weight excluding hydrogens is 336 g/mol. The second-order valence-corrected chi connectivity index (χ2v) is 5.98. The van der Waals surface area contributed by atoms with Crippen LogP contribution >= 0.6 is 0 Å². The lowest BCUT2D eigenvalue weighted by Gasteiger charge is -2.05. The van der Waals surface area contributed by atoms with Gasteiger partial charge in [0.1, 0.15) is 0 Å². The number of hydrogen-bond acceptors (Lipinski definition) is 2. The Morgan fingerprint density at radius 1 is 1.00 bits per heavy atom. The quantitative estimate of drug-likeness (QED) is 0.706. The minimum absolute atomic E-state index is 0.120. The molecule has 0 spiro atoms. The van der Waals surface area contributed by atoms with Crippen molar-refractivity contribution in [2.75, 3.05) is 6.54 Å². The lowest BCUT2D eigenvalue weighted by Crippen LogP contribution is -2.25. The first-order valence-electron chi connectivity index (χ1n) is 8.41. The Kier molecular flexibility index (Phi) is 5.73. The molecule has 1 aromatic heterocycles. The van der Waals surface area contributed by atoms with Gasteiger partial charge in [0.05, 0.1) is 11.9 Å². The van der Waals surface area contributed by atoms with E-state index >= 15 is 0 Å². The zero-order valence-corrected chi connectivity index (χ0v) is 14.2. The van der Waals surface area contributed by atoms with E-state index in [4.69, 9.17) is 0 Å². The van der Waals surface area contributed by atoms with Gasteiger partial charge in [0, 0.05) is 19.2 Å². The fourth-order valence-corrected chi connectivity index (χ4v) is 2.60. The summed E-state index contributed by atoms with van der Waals surface area (Å²) >= 11 is 0. The monoisotopic (exact) mass is 355 g/mol. The van der Waals surface area contributed by atoms with Crippen LogP contribution in [-0.2, 0) is 17.6 Å². The molecule has 1 N–H and O–H groups in total. The van der Waals surface area contributed by atoms with Gasteiger partial charge < -0.3 is 5.32 Å². The predicted molar refractivity (Wildman–Crippen MR) is 95.0 cm³/mol. The summed E-state index contributed by atoms with van der Waals surface area (Å²) in [4.78, 5) is 11.9. The Balaban J connectivity index is 1.42. The van der Waals surface area contributed by atoms with Gasteiger partial charge in [-0.3, -0.25) is 4.79 Å². The zero-order chi connectivity index (χ0) is 18.4. The van der Waals surface area contributed by atoms with Crippen molar-refractivity contribution in [3.63, 3.8) is 0 Å². The van der Waals surface area contributed by atoms with Crippen LogP contribution in [0.15, 0.2) is 60.9 Å². The summed E-state index contributed by atoms with van der Waals surface area (Å²) in [7, 11) is 0. The van der Waals surface area contributed by atoms with Gasteiger partial charge in [-0.05, 0) is 48.2 Å². The molecule has 0 saturated carbocycles. The molecule has 0 bridgehead atoms. The van der Waals surface area contributed by atoms with Gasteiger partial charge in [-0.2, -0.15) is 5.10 Å². The molecule has 0 radical (unpaired) electrons. The predicted octanol–water partition coefficient (Wildman–Crippen LogP) is 3.44. The SMILES string of the molecule is O=C(CCc1ccc(F)c(F)c1)NCCc1cnn(-c2ccccc2)c1. The first kappa shape index (κ1) is 17.8. The van der Waals surface area contributed by atoms with E-state index in [9.17, 15) is 13.6 Å². The molecule has 3 aromatic rings. The molecule has 0 unspecified atom stereocenters. The Morgan fingerprint density at radius 3 is 2.58 bits per heavy atom. The number of rotatable bonds is 7. The summed E-state index contributed by atoms with van der Waals surface area (Å²) in [5, 5.41) is 7.15. The van der Waals surface area contributed by atoms with E-state index in [2.05, 4.69) is 10.4 Å². The van der Waals surface area contributed by atoms with E-state index in [-0.39, 0.29) is 12.3 Å². The standard InChI is InChI=1S/C20H19F2N3O/c21-18-8-6-15(12-19(18)22)7-9-20(26)23-11-10-16-13-24-25(14-16)17-4-2-1-3-5-17/h1-6,8,12-14H,7,9-11H2,(H,23,26). The van der Waals surface area contributed by atoms with Crippen LogP contribution in [0.5, 0.6) is 0 Å². The van der Waals surface area contributed by atoms with Crippen LogP contribution in [0, 0.1) is 11.6 Å². The average Bonchev–Trinajstić information content (AvgIpc) is 3.12. The van der Waals surface area contributed by atoms with Gasteiger partial charge in [0.2, 0.25) is 5.91 Å². The zero-order valence-electron chi connectivity index (χ0n) is 14.2. The summed E-state index contributed by atoms with van der Waals surface area (Å²) in [6.07, 6.45) is 4.98. The molecule has 134 valence electrons. The normalized spacial score (nSPS) is 10.7. The fourth-order valence-electron chi connectivity index (χ4n) is 2.60. The number of carbonyl (C=O) groups excluding carboxylic acids is 1. The molecule has 0 aliphatic heterocycles. The number of aromatic nitrogens is 2. The van der Waals surface area contributed by atoms with E-state index in [0.29, 0.717) is 24.9 Å². The van der Waals surface area contributed by atoms with Crippen molar-refractivity contribution in [2.45, 2.75) is 19.3 Å². The highest BCUT2D eigenvalue weighted by molar-refractivity contribution is 5.76. The maximum Gasteiger partial charge on any atom is 0.220 e. The van der Waals surface area contributed by atoms with Gasteiger partial charge in [0.15, 0.2) is 11.6 Å². The van der Waals surface area contributed by atoms with Crippen LogP contribution in [0.1, 0.15) is 17.5 Å². The van der Waals surface area contributed by atoms with Crippen LogP contribution in [0.4, 0.5) is 8.78 Å². The van der Waals surface area contributed by atoms with Crippen LogP contribution in [0.2, 0.25) is 0 Å². The second kappa shape index (κ2) is 8.38. The summed E-state index contributed by atoms with van der Waals surface area (Å²) in [5.41, 5.74) is 2.60. The number of amides is 1. The van der Waals surface area contributed by atoms with Crippen molar-refractivity contribution in [1.29, 1.82) is 0 Å². The number of nitrogens with zero attached hydrogens (tertiary/aromatic N) is 2. The van der Waals surface area contributed by atoms with Gasteiger partial charge in [-0.15, -0.1) is 0 Å². The number of nitrogens with one attached hydrogen (secondary N) is 1. The number of para-hydroxylation sites is 1. The van der Waals surface area contributed by atoms with Gasteiger partial charge in [-0.1, -0.05) is 24.3 Å². The topological polar surface area (TPSA) is 46.9 Å². The van der Waals surface area contributed by atoms with Crippen LogP contribution in [0.3, 0.4) is 0 Å². The number of benzene rings is 2. The molecule has 2 aromatic carbocycles. The Morgan fingerprint density at radius 2 is 1.81 bits per heavy atom. The lowest BCUT2D eigenvalue weighted by molar-refractivity contribution is -0.121. The average molecular weight is 355 g/mol. The Bertz CT molecular complexity index is 878. The van der Waals surface area contributed by atoms with E-state index in [0.717, 1.165) is 23.4 Å².